The number of halogens is 1. The van der Waals surface area contributed by atoms with E-state index < -0.39 is 0 Å². The van der Waals surface area contributed by atoms with Crippen LogP contribution in [-0.2, 0) is 0 Å². The standard InChI is InChI=1S/C20H23N5O.ClH/c1-12-9-13(2)25-19(22-12)18(14(3)23-25)20(26)24-10-16(17(21)11-24)15-7-5-4-6-8-15;/h4-9,16-17H,10-11,21H2,1-3H3;1H/t16-,17+;/m0./s1. The Kier molecular flexibility index (Phi) is 5.22. The quantitative estimate of drug-likeness (QED) is 0.735. The number of hydrogen-bond donors (Lipinski definition) is 1. The van der Waals surface area contributed by atoms with Gasteiger partial charge >= 0.3 is 0 Å². The molecule has 2 aromatic heterocycles. The number of carbonyl (C=O) groups excluding carboxylic acids is 1. The van der Waals surface area contributed by atoms with Gasteiger partial charge in [0.1, 0.15) is 5.56 Å². The van der Waals surface area contributed by atoms with Crippen LogP contribution in [0.3, 0.4) is 0 Å². The summed E-state index contributed by atoms with van der Waals surface area (Å²) >= 11 is 0. The van der Waals surface area contributed by atoms with E-state index in [9.17, 15) is 4.79 Å². The van der Waals surface area contributed by atoms with Crippen LogP contribution in [0.4, 0.5) is 0 Å². The summed E-state index contributed by atoms with van der Waals surface area (Å²) in [6.07, 6.45) is 0. The van der Waals surface area contributed by atoms with E-state index in [-0.39, 0.29) is 30.3 Å². The van der Waals surface area contributed by atoms with Gasteiger partial charge in [-0.3, -0.25) is 4.79 Å². The Morgan fingerprint density at radius 2 is 1.85 bits per heavy atom. The van der Waals surface area contributed by atoms with Crippen molar-refractivity contribution < 1.29 is 4.79 Å². The van der Waals surface area contributed by atoms with Crippen molar-refractivity contribution in [2.45, 2.75) is 32.7 Å². The van der Waals surface area contributed by atoms with Crippen LogP contribution < -0.4 is 5.73 Å². The zero-order chi connectivity index (χ0) is 18.4. The molecule has 7 heteroatoms. The summed E-state index contributed by atoms with van der Waals surface area (Å²) in [5.41, 5.74) is 11.3. The predicted molar refractivity (Wildman–Crippen MR) is 108 cm³/mol. The fourth-order valence-electron chi connectivity index (χ4n) is 3.88. The minimum atomic E-state index is -0.0695. The Hall–Kier alpha value is -2.44. The van der Waals surface area contributed by atoms with Crippen molar-refractivity contribution in [2.75, 3.05) is 13.1 Å². The molecule has 1 aliphatic rings. The fourth-order valence-corrected chi connectivity index (χ4v) is 3.88. The highest BCUT2D eigenvalue weighted by Gasteiger charge is 2.36. The molecule has 1 amide bonds. The van der Waals surface area contributed by atoms with Gasteiger partial charge < -0.3 is 10.6 Å². The van der Waals surface area contributed by atoms with Gasteiger partial charge in [-0.25, -0.2) is 9.50 Å². The molecule has 1 aliphatic heterocycles. The van der Waals surface area contributed by atoms with Crippen LogP contribution in [0, 0.1) is 20.8 Å². The first kappa shape index (κ1) is 19.3. The largest absolute Gasteiger partial charge is 0.336 e. The van der Waals surface area contributed by atoms with Gasteiger partial charge in [-0.2, -0.15) is 5.10 Å². The summed E-state index contributed by atoms with van der Waals surface area (Å²) in [7, 11) is 0. The second-order valence-corrected chi connectivity index (χ2v) is 7.13. The Balaban J connectivity index is 0.00000210. The van der Waals surface area contributed by atoms with Crippen molar-refractivity contribution in [1.29, 1.82) is 0 Å². The molecule has 2 atom stereocenters. The van der Waals surface area contributed by atoms with Gasteiger partial charge in [0.05, 0.1) is 5.69 Å². The monoisotopic (exact) mass is 385 g/mol. The Morgan fingerprint density at radius 1 is 1.15 bits per heavy atom. The molecular weight excluding hydrogens is 362 g/mol. The molecule has 27 heavy (non-hydrogen) atoms. The Bertz CT molecular complexity index is 985. The molecule has 6 nitrogen and oxygen atoms in total. The first-order valence-electron chi connectivity index (χ1n) is 8.89. The minimum absolute atomic E-state index is 0. The van der Waals surface area contributed by atoms with Crippen molar-refractivity contribution in [1.82, 2.24) is 19.5 Å². The molecule has 1 aromatic carbocycles. The molecule has 3 heterocycles. The summed E-state index contributed by atoms with van der Waals surface area (Å²) in [6.45, 7) is 6.92. The molecule has 1 fully saturated rings. The lowest BCUT2D eigenvalue weighted by atomic mass is 9.95. The van der Waals surface area contributed by atoms with Crippen LogP contribution in [-0.4, -0.2) is 44.5 Å². The van der Waals surface area contributed by atoms with Crippen molar-refractivity contribution >= 4 is 24.0 Å². The summed E-state index contributed by atoms with van der Waals surface area (Å²) in [4.78, 5) is 19.7. The van der Waals surface area contributed by atoms with E-state index >= 15 is 0 Å². The van der Waals surface area contributed by atoms with Gasteiger partial charge in [-0.15, -0.1) is 12.4 Å². The normalized spacial score (nSPS) is 19.3. The average molecular weight is 386 g/mol. The maximum absolute atomic E-state index is 13.3. The van der Waals surface area contributed by atoms with Crippen LogP contribution in [0.25, 0.3) is 5.65 Å². The molecule has 1 saturated heterocycles. The van der Waals surface area contributed by atoms with Crippen LogP contribution in [0.5, 0.6) is 0 Å². The number of carbonyl (C=O) groups is 1. The minimum Gasteiger partial charge on any atom is -0.336 e. The fraction of sp³-hybridized carbons (Fsp3) is 0.350. The lowest BCUT2D eigenvalue weighted by molar-refractivity contribution is 0.0790. The molecule has 2 N–H and O–H groups in total. The van der Waals surface area contributed by atoms with Gasteiger partial charge in [0.25, 0.3) is 5.91 Å². The molecular formula is C20H24ClN5O. The molecule has 4 rings (SSSR count). The highest BCUT2D eigenvalue weighted by atomic mass is 35.5. The molecule has 142 valence electrons. The number of aryl methyl sites for hydroxylation is 3. The first-order chi connectivity index (χ1) is 12.5. The van der Waals surface area contributed by atoms with Gasteiger partial charge in [0.15, 0.2) is 5.65 Å². The number of fused-ring (bicyclic) bond motifs is 1. The van der Waals surface area contributed by atoms with E-state index in [4.69, 9.17) is 5.73 Å². The van der Waals surface area contributed by atoms with E-state index in [0.29, 0.717) is 30.0 Å². The van der Waals surface area contributed by atoms with E-state index in [1.807, 2.05) is 49.9 Å². The number of nitrogens with zero attached hydrogens (tertiary/aromatic N) is 4. The van der Waals surface area contributed by atoms with Crippen molar-refractivity contribution in [3.05, 3.63) is 64.6 Å². The van der Waals surface area contributed by atoms with E-state index in [1.165, 1.54) is 5.56 Å². The SMILES string of the molecule is Cc1cc(C)n2nc(C)c(C(=O)N3C[C@@H](N)[C@H](c4ccccc4)C3)c2n1.Cl. The van der Waals surface area contributed by atoms with E-state index in [2.05, 4.69) is 22.2 Å². The number of rotatable bonds is 2. The van der Waals surface area contributed by atoms with Gasteiger partial charge in [-0.1, -0.05) is 30.3 Å². The molecule has 0 spiro atoms. The van der Waals surface area contributed by atoms with Crippen LogP contribution >= 0.6 is 12.4 Å². The lowest BCUT2D eigenvalue weighted by Gasteiger charge is -2.16. The van der Waals surface area contributed by atoms with Gasteiger partial charge in [0, 0.05) is 36.4 Å². The average Bonchev–Trinajstić information content (AvgIpc) is 3.15. The zero-order valence-electron chi connectivity index (χ0n) is 15.7. The highest BCUT2D eigenvalue weighted by Crippen LogP contribution is 2.28. The molecule has 0 aliphatic carbocycles. The third-order valence-corrected chi connectivity index (χ3v) is 5.16. The van der Waals surface area contributed by atoms with Crippen molar-refractivity contribution in [2.24, 2.45) is 5.73 Å². The zero-order valence-corrected chi connectivity index (χ0v) is 16.5. The predicted octanol–water partition coefficient (Wildman–Crippen LogP) is 2.64. The number of hydrogen-bond acceptors (Lipinski definition) is 4. The molecule has 0 saturated carbocycles. The molecule has 0 bridgehead atoms. The summed E-state index contributed by atoms with van der Waals surface area (Å²) < 4.78 is 1.75. The third kappa shape index (κ3) is 3.31. The van der Waals surface area contributed by atoms with Crippen molar-refractivity contribution in [3.8, 4) is 0 Å². The van der Waals surface area contributed by atoms with Crippen LogP contribution in [0.15, 0.2) is 36.4 Å². The number of likely N-dealkylation sites (tertiary alicyclic amines) is 1. The van der Waals surface area contributed by atoms with Gasteiger partial charge in [0.2, 0.25) is 0 Å². The second-order valence-electron chi connectivity index (χ2n) is 7.13. The Morgan fingerprint density at radius 3 is 2.56 bits per heavy atom. The summed E-state index contributed by atoms with van der Waals surface area (Å²) in [6, 6.07) is 12.1. The number of nitrogens with two attached hydrogens (primary N) is 1. The lowest BCUT2D eigenvalue weighted by Crippen LogP contribution is -2.32. The van der Waals surface area contributed by atoms with Crippen LogP contribution in [0.1, 0.15) is 38.9 Å². The van der Waals surface area contributed by atoms with Crippen LogP contribution in [0.2, 0.25) is 0 Å². The van der Waals surface area contributed by atoms with Gasteiger partial charge in [-0.05, 0) is 32.4 Å². The number of amides is 1. The smallest absolute Gasteiger partial charge is 0.259 e. The third-order valence-electron chi connectivity index (χ3n) is 5.16. The molecule has 0 unspecified atom stereocenters. The van der Waals surface area contributed by atoms with Crippen molar-refractivity contribution in [3.63, 3.8) is 0 Å². The van der Waals surface area contributed by atoms with E-state index in [1.54, 1.807) is 4.52 Å². The highest BCUT2D eigenvalue weighted by molar-refractivity contribution is 6.01. The number of benzene rings is 1. The maximum Gasteiger partial charge on any atom is 0.259 e. The topological polar surface area (TPSA) is 76.5 Å². The summed E-state index contributed by atoms with van der Waals surface area (Å²) in [5, 5.41) is 4.52. The first-order valence-corrected chi connectivity index (χ1v) is 8.89. The Labute approximate surface area is 164 Å². The summed E-state index contributed by atoms with van der Waals surface area (Å²) in [5.74, 6) is 0.114. The van der Waals surface area contributed by atoms with E-state index in [0.717, 1.165) is 11.4 Å². The molecule has 0 radical (unpaired) electrons. The maximum atomic E-state index is 13.3. The number of aromatic nitrogens is 3. The molecule has 3 aromatic rings. The second kappa shape index (κ2) is 7.29.